The molecule has 8 heteroatoms. The summed E-state index contributed by atoms with van der Waals surface area (Å²) in [5, 5.41) is 6.63. The maximum atomic E-state index is 12.4. The number of amides is 1. The predicted molar refractivity (Wildman–Crippen MR) is 93.5 cm³/mol. The summed E-state index contributed by atoms with van der Waals surface area (Å²) in [5.74, 6) is -0.593. The van der Waals surface area contributed by atoms with Crippen LogP contribution < -0.4 is 5.32 Å². The second-order valence-electron chi connectivity index (χ2n) is 5.24. The van der Waals surface area contributed by atoms with E-state index in [0.717, 1.165) is 11.3 Å². The molecular formula is C17H20N2O5S. The molecule has 0 aliphatic heterocycles. The molecule has 0 atom stereocenters. The Labute approximate surface area is 149 Å². The fraction of sp³-hybridized carbons (Fsp3) is 0.412. The molecule has 0 saturated carbocycles. The lowest BCUT2D eigenvalue weighted by Crippen LogP contribution is -2.15. The molecular weight excluding hydrogens is 344 g/mol. The molecule has 2 aromatic heterocycles. The second kappa shape index (κ2) is 8.06. The predicted octanol–water partition coefficient (Wildman–Crippen LogP) is 3.63. The number of hydrogen-bond donors (Lipinski definition) is 1. The number of anilines is 1. The molecule has 0 fully saturated rings. The van der Waals surface area contributed by atoms with Crippen molar-refractivity contribution in [2.45, 2.75) is 40.5 Å². The normalized spacial score (nSPS) is 10.6. The first kappa shape index (κ1) is 18.9. The van der Waals surface area contributed by atoms with Crippen LogP contribution in [0.2, 0.25) is 0 Å². The van der Waals surface area contributed by atoms with Crippen molar-refractivity contribution in [1.29, 1.82) is 0 Å². The molecule has 0 radical (unpaired) electrons. The molecule has 0 aliphatic carbocycles. The van der Waals surface area contributed by atoms with Gasteiger partial charge in [-0.3, -0.25) is 9.59 Å². The van der Waals surface area contributed by atoms with Crippen molar-refractivity contribution in [3.63, 3.8) is 0 Å². The van der Waals surface area contributed by atoms with Crippen LogP contribution in [0.25, 0.3) is 0 Å². The summed E-state index contributed by atoms with van der Waals surface area (Å²) in [6.45, 7) is 7.18. The highest BCUT2D eigenvalue weighted by molar-refractivity contribution is 7.18. The lowest BCUT2D eigenvalue weighted by Gasteiger charge is -2.05. The van der Waals surface area contributed by atoms with Crippen LogP contribution in [-0.4, -0.2) is 29.4 Å². The van der Waals surface area contributed by atoms with E-state index in [2.05, 4.69) is 10.5 Å². The Balaban J connectivity index is 2.39. The number of carbonyl (C=O) groups is 3. The Bertz CT molecular complexity index is 806. The van der Waals surface area contributed by atoms with Crippen molar-refractivity contribution in [2.75, 3.05) is 11.9 Å². The van der Waals surface area contributed by atoms with Crippen molar-refractivity contribution in [1.82, 2.24) is 5.16 Å². The van der Waals surface area contributed by atoms with E-state index in [9.17, 15) is 14.4 Å². The van der Waals surface area contributed by atoms with Gasteiger partial charge in [-0.25, -0.2) is 4.79 Å². The molecule has 0 unspecified atom stereocenters. The van der Waals surface area contributed by atoms with Crippen LogP contribution >= 0.6 is 11.3 Å². The third-order valence-corrected chi connectivity index (χ3v) is 4.82. The van der Waals surface area contributed by atoms with Crippen molar-refractivity contribution in [3.8, 4) is 0 Å². The third-order valence-electron chi connectivity index (χ3n) is 3.57. The van der Waals surface area contributed by atoms with Crippen molar-refractivity contribution >= 4 is 34.0 Å². The summed E-state index contributed by atoms with van der Waals surface area (Å²) < 4.78 is 10.1. The minimum absolute atomic E-state index is 0.0942. The Hall–Kier alpha value is -2.48. The number of ketones is 1. The fourth-order valence-corrected chi connectivity index (χ4v) is 3.43. The number of esters is 1. The van der Waals surface area contributed by atoms with Gasteiger partial charge in [-0.2, -0.15) is 0 Å². The maximum Gasteiger partial charge on any atom is 0.341 e. The summed E-state index contributed by atoms with van der Waals surface area (Å²) in [6, 6.07) is 1.54. The summed E-state index contributed by atoms with van der Waals surface area (Å²) in [6.07, 6.45) is 0.918. The Morgan fingerprint density at radius 1 is 1.28 bits per heavy atom. The number of nitrogens with one attached hydrogen (secondary N) is 1. The van der Waals surface area contributed by atoms with Gasteiger partial charge in [0.15, 0.2) is 11.5 Å². The standard InChI is InChI=1S/C17H20N2O5S/c1-5-10-8-11(19-24-10)15(21)18-16-13(17(22)23-7-3)9(4)14(25-16)12(20)6-2/h8H,5-7H2,1-4H3,(H,18,21). The van der Waals surface area contributed by atoms with Gasteiger partial charge in [0, 0.05) is 18.9 Å². The minimum Gasteiger partial charge on any atom is -0.462 e. The van der Waals surface area contributed by atoms with E-state index in [1.165, 1.54) is 6.07 Å². The largest absolute Gasteiger partial charge is 0.462 e. The van der Waals surface area contributed by atoms with Gasteiger partial charge in [0.05, 0.1) is 17.0 Å². The van der Waals surface area contributed by atoms with Crippen LogP contribution in [0.3, 0.4) is 0 Å². The zero-order valence-electron chi connectivity index (χ0n) is 14.6. The summed E-state index contributed by atoms with van der Waals surface area (Å²) in [4.78, 5) is 37.2. The summed E-state index contributed by atoms with van der Waals surface area (Å²) >= 11 is 1.07. The van der Waals surface area contributed by atoms with Crippen molar-refractivity contribution in [2.24, 2.45) is 0 Å². The van der Waals surface area contributed by atoms with Crippen LogP contribution in [0, 0.1) is 6.92 Å². The molecule has 7 nitrogen and oxygen atoms in total. The van der Waals surface area contributed by atoms with E-state index >= 15 is 0 Å². The first-order valence-electron chi connectivity index (χ1n) is 8.03. The fourth-order valence-electron chi connectivity index (χ4n) is 2.23. The highest BCUT2D eigenvalue weighted by Gasteiger charge is 2.26. The third kappa shape index (κ3) is 3.96. The second-order valence-corrected chi connectivity index (χ2v) is 6.26. The van der Waals surface area contributed by atoms with E-state index in [1.807, 2.05) is 6.92 Å². The number of aromatic nitrogens is 1. The maximum absolute atomic E-state index is 12.4. The molecule has 2 aromatic rings. The van der Waals surface area contributed by atoms with Gasteiger partial charge in [-0.05, 0) is 19.4 Å². The van der Waals surface area contributed by atoms with Gasteiger partial charge in [0.2, 0.25) is 0 Å². The van der Waals surface area contributed by atoms with E-state index in [4.69, 9.17) is 9.26 Å². The van der Waals surface area contributed by atoms with Gasteiger partial charge in [-0.15, -0.1) is 11.3 Å². The van der Waals surface area contributed by atoms with Gasteiger partial charge < -0.3 is 14.6 Å². The number of hydrogen-bond acceptors (Lipinski definition) is 7. The van der Waals surface area contributed by atoms with Crippen LogP contribution in [0.5, 0.6) is 0 Å². The number of thiophene rings is 1. The lowest BCUT2D eigenvalue weighted by molar-refractivity contribution is 0.0527. The van der Waals surface area contributed by atoms with E-state index in [-0.39, 0.29) is 28.6 Å². The first-order chi connectivity index (χ1) is 11.9. The van der Waals surface area contributed by atoms with Crippen LogP contribution in [0.4, 0.5) is 5.00 Å². The average Bonchev–Trinajstić information content (AvgIpc) is 3.19. The molecule has 2 heterocycles. The zero-order valence-corrected chi connectivity index (χ0v) is 15.4. The highest BCUT2D eigenvalue weighted by Crippen LogP contribution is 2.34. The van der Waals surface area contributed by atoms with E-state index in [1.54, 1.807) is 20.8 Å². The van der Waals surface area contributed by atoms with Gasteiger partial charge in [-0.1, -0.05) is 19.0 Å². The number of ether oxygens (including phenoxy) is 1. The molecule has 134 valence electrons. The molecule has 1 N–H and O–H groups in total. The smallest absolute Gasteiger partial charge is 0.341 e. The molecule has 0 bridgehead atoms. The minimum atomic E-state index is -0.573. The summed E-state index contributed by atoms with van der Waals surface area (Å²) in [7, 11) is 0. The monoisotopic (exact) mass is 364 g/mol. The van der Waals surface area contributed by atoms with E-state index < -0.39 is 11.9 Å². The Morgan fingerprint density at radius 2 is 2.00 bits per heavy atom. The average molecular weight is 364 g/mol. The van der Waals surface area contributed by atoms with Gasteiger partial charge >= 0.3 is 5.97 Å². The Morgan fingerprint density at radius 3 is 2.56 bits per heavy atom. The number of Topliss-reactive ketones (excluding diaryl/α,β-unsaturated/α-hetero) is 1. The number of rotatable bonds is 7. The van der Waals surface area contributed by atoms with Crippen LogP contribution in [0.15, 0.2) is 10.6 Å². The van der Waals surface area contributed by atoms with E-state index in [0.29, 0.717) is 29.0 Å². The molecule has 25 heavy (non-hydrogen) atoms. The van der Waals surface area contributed by atoms with Crippen LogP contribution in [-0.2, 0) is 11.2 Å². The lowest BCUT2D eigenvalue weighted by atomic mass is 10.1. The molecule has 1 amide bonds. The Kier molecular flexibility index (Phi) is 6.08. The highest BCUT2D eigenvalue weighted by atomic mass is 32.1. The van der Waals surface area contributed by atoms with Crippen LogP contribution in [0.1, 0.15) is 69.0 Å². The quantitative estimate of drug-likeness (QED) is 0.595. The van der Waals surface area contributed by atoms with Gasteiger partial charge in [0.25, 0.3) is 5.91 Å². The number of carbonyl (C=O) groups excluding carboxylic acids is 3. The topological polar surface area (TPSA) is 98.5 Å². The van der Waals surface area contributed by atoms with Gasteiger partial charge in [0.1, 0.15) is 10.8 Å². The molecule has 0 aromatic carbocycles. The summed E-state index contributed by atoms with van der Waals surface area (Å²) in [5.41, 5.74) is 0.831. The molecule has 0 spiro atoms. The number of aryl methyl sites for hydroxylation is 1. The van der Waals surface area contributed by atoms with Crippen molar-refractivity contribution in [3.05, 3.63) is 33.5 Å². The first-order valence-corrected chi connectivity index (χ1v) is 8.85. The number of nitrogens with zero attached hydrogens (tertiary/aromatic N) is 1. The molecule has 0 aliphatic rings. The molecule has 0 saturated heterocycles. The zero-order chi connectivity index (χ0) is 18.6. The van der Waals surface area contributed by atoms with Crippen molar-refractivity contribution < 1.29 is 23.6 Å². The SMILES string of the molecule is CCOC(=O)c1c(NC(=O)c2cc(CC)on2)sc(C(=O)CC)c1C. The molecule has 2 rings (SSSR count).